The molecule has 2 aromatic rings. The molecule has 2 aliphatic rings. The van der Waals surface area contributed by atoms with Crippen molar-refractivity contribution in [3.8, 4) is 5.75 Å². The van der Waals surface area contributed by atoms with E-state index in [4.69, 9.17) is 9.15 Å². The van der Waals surface area contributed by atoms with Gasteiger partial charge in [0.1, 0.15) is 11.4 Å². The molecule has 2 atom stereocenters. The molecule has 0 saturated carbocycles. The maximum Gasteiger partial charge on any atom is 0.287 e. The van der Waals surface area contributed by atoms with Crippen LogP contribution in [0.3, 0.4) is 0 Å². The Labute approximate surface area is 158 Å². The Morgan fingerprint density at radius 3 is 2.89 bits per heavy atom. The highest BCUT2D eigenvalue weighted by Gasteiger charge is 2.43. The first-order valence-corrected chi connectivity index (χ1v) is 9.50. The maximum absolute atomic E-state index is 12.6. The van der Waals surface area contributed by atoms with Crippen LogP contribution in [0.4, 0.5) is 0 Å². The Morgan fingerprint density at radius 2 is 2.11 bits per heavy atom. The molecule has 1 aromatic carbocycles. The van der Waals surface area contributed by atoms with Crippen LogP contribution in [0.15, 0.2) is 47.1 Å². The highest BCUT2D eigenvalue weighted by atomic mass is 16.5. The van der Waals surface area contributed by atoms with Gasteiger partial charge in [-0.25, -0.2) is 0 Å². The molecule has 1 saturated heterocycles. The second-order valence-electron chi connectivity index (χ2n) is 7.25. The number of para-hydroxylation sites is 1. The normalized spacial score (nSPS) is 24.9. The highest BCUT2D eigenvalue weighted by Crippen LogP contribution is 2.44. The largest absolute Gasteiger partial charge is 0.487 e. The molecular formula is C21H24N2O4. The molecule has 1 spiro atoms. The van der Waals surface area contributed by atoms with Crippen molar-refractivity contribution in [3.05, 3.63) is 54.0 Å². The van der Waals surface area contributed by atoms with Crippen molar-refractivity contribution in [1.82, 2.24) is 10.2 Å². The number of amides is 2. The van der Waals surface area contributed by atoms with Gasteiger partial charge in [-0.15, -0.1) is 0 Å². The lowest BCUT2D eigenvalue weighted by atomic mass is 9.82. The smallest absolute Gasteiger partial charge is 0.287 e. The van der Waals surface area contributed by atoms with Crippen molar-refractivity contribution in [2.75, 3.05) is 13.1 Å². The molecular weight excluding hydrogens is 344 g/mol. The molecule has 2 amide bonds. The van der Waals surface area contributed by atoms with Crippen molar-refractivity contribution < 1.29 is 18.7 Å². The van der Waals surface area contributed by atoms with Gasteiger partial charge < -0.3 is 19.4 Å². The number of furan rings is 1. The van der Waals surface area contributed by atoms with Crippen LogP contribution in [0, 0.1) is 0 Å². The molecule has 142 valence electrons. The summed E-state index contributed by atoms with van der Waals surface area (Å²) < 4.78 is 11.7. The van der Waals surface area contributed by atoms with Crippen molar-refractivity contribution in [1.29, 1.82) is 0 Å². The molecule has 6 heteroatoms. The Balaban J connectivity index is 1.61. The SMILES string of the molecule is CCN1CC[C@]2(CCC1=O)C[C@H](NC(=O)c1ccco1)c1ccccc1O2. The van der Waals surface area contributed by atoms with Crippen molar-refractivity contribution in [3.63, 3.8) is 0 Å². The Kier molecular flexibility index (Phi) is 4.64. The fourth-order valence-corrected chi connectivity index (χ4v) is 4.11. The highest BCUT2D eigenvalue weighted by molar-refractivity contribution is 5.91. The molecule has 3 heterocycles. The van der Waals surface area contributed by atoms with E-state index in [2.05, 4.69) is 5.32 Å². The zero-order valence-corrected chi connectivity index (χ0v) is 15.4. The average molecular weight is 368 g/mol. The van der Waals surface area contributed by atoms with Gasteiger partial charge in [0.05, 0.1) is 12.3 Å². The number of carbonyl (C=O) groups is 2. The van der Waals surface area contributed by atoms with Crippen molar-refractivity contribution in [2.45, 2.75) is 44.2 Å². The second kappa shape index (κ2) is 7.10. The van der Waals surface area contributed by atoms with Crippen molar-refractivity contribution >= 4 is 11.8 Å². The fourth-order valence-electron chi connectivity index (χ4n) is 4.11. The number of nitrogens with zero attached hydrogens (tertiary/aromatic N) is 1. The van der Waals surface area contributed by atoms with E-state index in [9.17, 15) is 9.59 Å². The number of fused-ring (bicyclic) bond motifs is 1. The zero-order valence-electron chi connectivity index (χ0n) is 15.4. The van der Waals surface area contributed by atoms with Crippen LogP contribution in [0.5, 0.6) is 5.75 Å². The van der Waals surface area contributed by atoms with Crippen LogP contribution in [-0.2, 0) is 4.79 Å². The van der Waals surface area contributed by atoms with Crippen molar-refractivity contribution in [2.24, 2.45) is 0 Å². The van der Waals surface area contributed by atoms with Crippen LogP contribution in [0.25, 0.3) is 0 Å². The summed E-state index contributed by atoms with van der Waals surface area (Å²) in [5, 5.41) is 3.09. The minimum Gasteiger partial charge on any atom is -0.487 e. The molecule has 6 nitrogen and oxygen atoms in total. The third kappa shape index (κ3) is 3.44. The minimum atomic E-state index is -0.449. The lowest BCUT2D eigenvalue weighted by Crippen LogP contribution is -2.46. The van der Waals surface area contributed by atoms with E-state index in [1.54, 1.807) is 12.1 Å². The van der Waals surface area contributed by atoms with Crippen LogP contribution >= 0.6 is 0 Å². The summed E-state index contributed by atoms with van der Waals surface area (Å²) in [6.45, 7) is 3.39. The number of nitrogens with one attached hydrogen (secondary N) is 1. The quantitative estimate of drug-likeness (QED) is 0.902. The first-order valence-electron chi connectivity index (χ1n) is 9.50. The summed E-state index contributed by atoms with van der Waals surface area (Å²) in [7, 11) is 0. The maximum atomic E-state index is 12.6. The second-order valence-corrected chi connectivity index (χ2v) is 7.25. The average Bonchev–Trinajstić information content (AvgIpc) is 3.17. The Morgan fingerprint density at radius 1 is 1.26 bits per heavy atom. The van der Waals surface area contributed by atoms with Gasteiger partial charge in [-0.05, 0) is 31.5 Å². The number of carbonyl (C=O) groups excluding carboxylic acids is 2. The summed E-state index contributed by atoms with van der Waals surface area (Å²) >= 11 is 0. The summed E-state index contributed by atoms with van der Waals surface area (Å²) in [6.07, 6.45) is 4.01. The summed E-state index contributed by atoms with van der Waals surface area (Å²) in [4.78, 5) is 26.8. The van der Waals surface area contributed by atoms with E-state index in [1.165, 1.54) is 6.26 Å². The third-order valence-corrected chi connectivity index (χ3v) is 5.61. The number of likely N-dealkylation sites (tertiary alicyclic amines) is 1. The van der Waals surface area contributed by atoms with E-state index in [0.717, 1.165) is 17.7 Å². The number of rotatable bonds is 3. The molecule has 4 rings (SSSR count). The summed E-state index contributed by atoms with van der Waals surface area (Å²) in [5.74, 6) is 1.01. The van der Waals surface area contributed by atoms with E-state index in [1.807, 2.05) is 36.1 Å². The van der Waals surface area contributed by atoms with Gasteiger partial charge in [-0.3, -0.25) is 9.59 Å². The first kappa shape index (κ1) is 17.6. The topological polar surface area (TPSA) is 71.8 Å². The van der Waals surface area contributed by atoms with Gasteiger partial charge >= 0.3 is 0 Å². The standard InChI is InChI=1S/C21H24N2O4/c1-2-23-12-11-21(10-9-19(23)24)14-16(15-6-3-4-7-17(15)27-21)22-20(25)18-8-5-13-26-18/h3-8,13,16H,2,9-12,14H2,1H3,(H,22,25)/t16-,21+/m0/s1. The van der Waals surface area contributed by atoms with Crippen LogP contribution in [0.2, 0.25) is 0 Å². The molecule has 1 aromatic heterocycles. The molecule has 0 radical (unpaired) electrons. The third-order valence-electron chi connectivity index (χ3n) is 5.61. The number of hydrogen-bond donors (Lipinski definition) is 1. The Hall–Kier alpha value is -2.76. The molecule has 1 fully saturated rings. The zero-order chi connectivity index (χ0) is 18.9. The van der Waals surface area contributed by atoms with Gasteiger partial charge in [-0.1, -0.05) is 18.2 Å². The predicted octanol–water partition coefficient (Wildman–Crippen LogP) is 3.30. The summed E-state index contributed by atoms with van der Waals surface area (Å²) in [6, 6.07) is 11.0. The van der Waals surface area contributed by atoms with Gasteiger partial charge in [0.2, 0.25) is 5.91 Å². The first-order chi connectivity index (χ1) is 13.1. The van der Waals surface area contributed by atoms with E-state index in [0.29, 0.717) is 38.1 Å². The summed E-state index contributed by atoms with van der Waals surface area (Å²) in [5.41, 5.74) is 0.514. The molecule has 0 bridgehead atoms. The van der Waals surface area contributed by atoms with E-state index < -0.39 is 5.60 Å². The molecule has 27 heavy (non-hydrogen) atoms. The predicted molar refractivity (Wildman–Crippen MR) is 99.4 cm³/mol. The Bertz CT molecular complexity index is 832. The van der Waals surface area contributed by atoms with Crippen LogP contribution < -0.4 is 10.1 Å². The number of benzene rings is 1. The molecule has 2 aliphatic heterocycles. The molecule has 0 unspecified atom stereocenters. The number of ether oxygens (including phenoxy) is 1. The van der Waals surface area contributed by atoms with Crippen LogP contribution in [0.1, 0.15) is 54.8 Å². The monoisotopic (exact) mass is 368 g/mol. The van der Waals surface area contributed by atoms with Gasteiger partial charge in [0.25, 0.3) is 5.91 Å². The number of hydrogen-bond acceptors (Lipinski definition) is 4. The fraction of sp³-hybridized carbons (Fsp3) is 0.429. The minimum absolute atomic E-state index is 0.174. The van der Waals surface area contributed by atoms with E-state index >= 15 is 0 Å². The van der Waals surface area contributed by atoms with Gasteiger partial charge in [-0.2, -0.15) is 0 Å². The van der Waals surface area contributed by atoms with E-state index in [-0.39, 0.29) is 17.9 Å². The molecule has 0 aliphatic carbocycles. The van der Waals surface area contributed by atoms with Crippen LogP contribution in [-0.4, -0.2) is 35.4 Å². The lowest BCUT2D eigenvalue weighted by Gasteiger charge is -2.42. The molecule has 1 N–H and O–H groups in total. The van der Waals surface area contributed by atoms with Gasteiger partial charge in [0.15, 0.2) is 5.76 Å². The lowest BCUT2D eigenvalue weighted by molar-refractivity contribution is -0.130. The van der Waals surface area contributed by atoms with Gasteiger partial charge in [0, 0.05) is 37.9 Å².